The number of rotatable bonds is 8. The lowest BCUT2D eigenvalue weighted by Gasteiger charge is -2.25. The van der Waals surface area contributed by atoms with Crippen LogP contribution in [0.3, 0.4) is 0 Å². The Morgan fingerprint density at radius 2 is 1.83 bits per heavy atom. The molecule has 0 saturated carbocycles. The number of methoxy groups -OCH3 is 2. The van der Waals surface area contributed by atoms with Crippen molar-refractivity contribution < 1.29 is 23.4 Å². The third-order valence-electron chi connectivity index (χ3n) is 6.64. The van der Waals surface area contributed by atoms with Gasteiger partial charge >= 0.3 is 5.97 Å². The van der Waals surface area contributed by atoms with Crippen molar-refractivity contribution in [3.63, 3.8) is 0 Å². The molecule has 0 aliphatic carbocycles. The third kappa shape index (κ3) is 5.75. The Hall–Kier alpha value is -4.02. The summed E-state index contributed by atoms with van der Waals surface area (Å²) in [6, 6.07) is 18.3. The first kappa shape index (κ1) is 28.5. The van der Waals surface area contributed by atoms with E-state index in [0.717, 1.165) is 11.1 Å². The number of aromatic nitrogens is 1. The second-order valence-corrected chi connectivity index (χ2v) is 11.0. The zero-order valence-corrected chi connectivity index (χ0v) is 24.9. The molecule has 1 aliphatic heterocycles. The highest BCUT2D eigenvalue weighted by Crippen LogP contribution is 2.35. The summed E-state index contributed by atoms with van der Waals surface area (Å²) in [6.07, 6.45) is 2.26. The number of hydrogen-bond acceptors (Lipinski definition) is 7. The fourth-order valence-corrected chi connectivity index (χ4v) is 6.08. The number of allylic oxidation sites excluding steroid dienone is 1. The van der Waals surface area contributed by atoms with Crippen LogP contribution in [0.2, 0.25) is 0 Å². The minimum Gasteiger partial charge on any atom is -0.493 e. The van der Waals surface area contributed by atoms with E-state index >= 15 is 0 Å². The Morgan fingerprint density at radius 3 is 2.49 bits per heavy atom. The summed E-state index contributed by atoms with van der Waals surface area (Å²) >= 11 is 4.84. The van der Waals surface area contributed by atoms with Gasteiger partial charge in [-0.2, -0.15) is 0 Å². The first-order valence-electron chi connectivity index (χ1n) is 12.8. The Kier molecular flexibility index (Phi) is 8.51. The van der Waals surface area contributed by atoms with E-state index in [1.807, 2.05) is 37.3 Å². The molecule has 0 N–H and O–H groups in total. The van der Waals surface area contributed by atoms with Gasteiger partial charge in [-0.05, 0) is 53.5 Å². The topological polar surface area (TPSA) is 79.1 Å². The predicted molar refractivity (Wildman–Crippen MR) is 158 cm³/mol. The molecule has 0 radical (unpaired) electrons. The predicted octanol–water partition coefficient (Wildman–Crippen LogP) is 5.29. The summed E-state index contributed by atoms with van der Waals surface area (Å²) in [7, 11) is 2.86. The van der Waals surface area contributed by atoms with E-state index in [9.17, 15) is 14.0 Å². The molecule has 0 saturated heterocycles. The Bertz CT molecular complexity index is 1810. The van der Waals surface area contributed by atoms with Crippen molar-refractivity contribution in [2.45, 2.75) is 26.0 Å². The number of halogens is 2. The van der Waals surface area contributed by atoms with E-state index in [1.165, 1.54) is 37.7 Å². The number of carbonyl (C=O) groups is 1. The number of thiazole rings is 1. The summed E-state index contributed by atoms with van der Waals surface area (Å²) in [6.45, 7) is 2.14. The normalized spacial score (nSPS) is 14.9. The van der Waals surface area contributed by atoms with Crippen LogP contribution in [0.15, 0.2) is 92.3 Å². The molecule has 1 aliphatic rings. The van der Waals surface area contributed by atoms with Gasteiger partial charge in [0.05, 0.1) is 36.1 Å². The maximum absolute atomic E-state index is 13.9. The van der Waals surface area contributed by atoms with Crippen LogP contribution in [0.25, 0.3) is 6.08 Å². The lowest BCUT2D eigenvalue weighted by molar-refractivity contribution is -0.136. The molecule has 5 rings (SSSR count). The largest absolute Gasteiger partial charge is 0.493 e. The van der Waals surface area contributed by atoms with Crippen LogP contribution in [0.4, 0.5) is 4.39 Å². The second-order valence-electron chi connectivity index (χ2n) is 9.14. The molecule has 2 heterocycles. The molecule has 0 fully saturated rings. The van der Waals surface area contributed by atoms with Crippen LogP contribution in [0.1, 0.15) is 36.1 Å². The van der Waals surface area contributed by atoms with Gasteiger partial charge in [-0.15, -0.1) is 0 Å². The van der Waals surface area contributed by atoms with Crippen molar-refractivity contribution in [2.75, 3.05) is 14.2 Å². The molecule has 0 spiro atoms. The summed E-state index contributed by atoms with van der Waals surface area (Å²) in [4.78, 5) is 32.0. The number of nitrogens with zero attached hydrogens (tertiary/aromatic N) is 2. The Morgan fingerprint density at radius 1 is 1.10 bits per heavy atom. The van der Waals surface area contributed by atoms with Gasteiger partial charge in [0, 0.05) is 4.47 Å². The summed E-state index contributed by atoms with van der Waals surface area (Å²) in [5, 5.41) is 0. The molecule has 10 heteroatoms. The smallest absolute Gasteiger partial charge is 0.338 e. The molecular formula is C31H26BrFN2O5S. The molecule has 0 amide bonds. The van der Waals surface area contributed by atoms with Gasteiger partial charge in [0.25, 0.3) is 5.56 Å². The van der Waals surface area contributed by atoms with Crippen LogP contribution in [0.5, 0.6) is 11.5 Å². The Balaban J connectivity index is 1.58. The van der Waals surface area contributed by atoms with E-state index in [0.29, 0.717) is 48.6 Å². The second kappa shape index (κ2) is 12.2. The highest BCUT2D eigenvalue weighted by molar-refractivity contribution is 9.10. The van der Waals surface area contributed by atoms with E-state index in [2.05, 4.69) is 15.9 Å². The van der Waals surface area contributed by atoms with Gasteiger partial charge in [0.15, 0.2) is 16.3 Å². The van der Waals surface area contributed by atoms with Gasteiger partial charge in [-0.1, -0.05) is 76.7 Å². The van der Waals surface area contributed by atoms with Crippen molar-refractivity contribution in [3.05, 3.63) is 125 Å². The third-order valence-corrected chi connectivity index (χ3v) is 8.31. The number of carbonyl (C=O) groups excluding carboxylic acids is 1. The lowest BCUT2D eigenvalue weighted by Crippen LogP contribution is -2.40. The molecule has 4 aromatic rings. The van der Waals surface area contributed by atoms with Crippen LogP contribution in [-0.2, 0) is 16.1 Å². The number of benzene rings is 3. The molecule has 3 aromatic carbocycles. The first-order chi connectivity index (χ1) is 19.8. The van der Waals surface area contributed by atoms with Gasteiger partial charge in [-0.3, -0.25) is 9.36 Å². The van der Waals surface area contributed by atoms with E-state index in [4.69, 9.17) is 19.2 Å². The minimum absolute atomic E-state index is 0.225. The SMILES string of the molecule is CCC1=C(C(=O)OC)[C@@H](c2ccccc2)n2c(s/c(=C\c3cc(OC)c(OCc4ccc(F)cc4)cc3Br)c2=O)=N1. The van der Waals surface area contributed by atoms with Crippen LogP contribution >= 0.6 is 27.3 Å². The summed E-state index contributed by atoms with van der Waals surface area (Å²) < 4.78 is 32.5. The average Bonchev–Trinajstić information content (AvgIpc) is 3.31. The van der Waals surface area contributed by atoms with Crippen LogP contribution < -0.4 is 24.4 Å². The quantitative estimate of drug-likeness (QED) is 0.246. The number of ether oxygens (including phenoxy) is 3. The summed E-state index contributed by atoms with van der Waals surface area (Å²) in [5.74, 6) is 0.128. The van der Waals surface area contributed by atoms with Crippen molar-refractivity contribution in [1.82, 2.24) is 4.57 Å². The van der Waals surface area contributed by atoms with E-state index in [1.54, 1.807) is 34.9 Å². The van der Waals surface area contributed by atoms with Crippen molar-refractivity contribution >= 4 is 39.3 Å². The standard InChI is InChI=1S/C31H26BrFN2O5S/c1-4-23-27(30(37)39-3)28(19-8-6-5-7-9-19)35-29(36)26(41-31(35)34-23)15-20-14-24(38-2)25(16-22(20)32)40-17-18-10-12-21(33)13-11-18/h5-16,28H,4,17H2,1-3H3/b26-15-/t28-/m1/s1. The molecule has 1 atom stereocenters. The van der Waals surface area contributed by atoms with Gasteiger partial charge < -0.3 is 14.2 Å². The Labute approximate surface area is 248 Å². The maximum atomic E-state index is 13.9. The van der Waals surface area contributed by atoms with E-state index < -0.39 is 12.0 Å². The fraction of sp³-hybridized carbons (Fsp3) is 0.194. The maximum Gasteiger partial charge on any atom is 0.338 e. The van der Waals surface area contributed by atoms with Crippen molar-refractivity contribution in [2.24, 2.45) is 4.99 Å². The van der Waals surface area contributed by atoms with Crippen LogP contribution in [0, 0.1) is 5.82 Å². The zero-order chi connectivity index (χ0) is 29.1. The summed E-state index contributed by atoms with van der Waals surface area (Å²) in [5.41, 5.74) is 2.95. The first-order valence-corrected chi connectivity index (χ1v) is 14.4. The van der Waals surface area contributed by atoms with Crippen LogP contribution in [-0.4, -0.2) is 24.8 Å². The van der Waals surface area contributed by atoms with Gasteiger partial charge in [0.1, 0.15) is 12.4 Å². The molecule has 7 nitrogen and oxygen atoms in total. The average molecular weight is 638 g/mol. The molecular weight excluding hydrogens is 611 g/mol. The molecule has 0 unspecified atom stereocenters. The highest BCUT2D eigenvalue weighted by Gasteiger charge is 2.33. The number of fused-ring (bicyclic) bond motifs is 1. The monoisotopic (exact) mass is 636 g/mol. The number of hydrogen-bond donors (Lipinski definition) is 0. The highest BCUT2D eigenvalue weighted by atomic mass is 79.9. The molecule has 1 aromatic heterocycles. The molecule has 0 bridgehead atoms. The molecule has 210 valence electrons. The number of esters is 1. The fourth-order valence-electron chi connectivity index (χ4n) is 4.63. The lowest BCUT2D eigenvalue weighted by atomic mass is 9.95. The van der Waals surface area contributed by atoms with Gasteiger partial charge in [0.2, 0.25) is 0 Å². The van der Waals surface area contributed by atoms with E-state index in [-0.39, 0.29) is 18.0 Å². The minimum atomic E-state index is -0.669. The van der Waals surface area contributed by atoms with Crippen molar-refractivity contribution in [1.29, 1.82) is 0 Å². The zero-order valence-electron chi connectivity index (χ0n) is 22.5. The van der Waals surface area contributed by atoms with Crippen molar-refractivity contribution in [3.8, 4) is 11.5 Å². The van der Waals surface area contributed by atoms with Gasteiger partial charge in [-0.25, -0.2) is 14.2 Å². The molecule has 41 heavy (non-hydrogen) atoms.